The normalized spacial score (nSPS) is 11.3. The van der Waals surface area contributed by atoms with Crippen molar-refractivity contribution >= 4 is 17.0 Å². The van der Waals surface area contributed by atoms with Gasteiger partial charge in [0.2, 0.25) is 0 Å². The van der Waals surface area contributed by atoms with Gasteiger partial charge in [-0.1, -0.05) is 30.4 Å². The van der Waals surface area contributed by atoms with Crippen LogP contribution in [0.25, 0.3) is 17.0 Å². The maximum atomic E-state index is 8.81. The summed E-state index contributed by atoms with van der Waals surface area (Å²) >= 11 is 0. The van der Waals surface area contributed by atoms with Crippen LogP contribution in [-0.2, 0) is 6.54 Å². The summed E-state index contributed by atoms with van der Waals surface area (Å²) in [6, 6.07) is 10.4. The molecule has 0 bridgehead atoms. The summed E-state index contributed by atoms with van der Waals surface area (Å²) in [5.41, 5.74) is 2.29. The number of hydrogen-bond donors (Lipinski definition) is 1. The molecular weight excluding hydrogens is 198 g/mol. The third-order valence-corrected chi connectivity index (χ3v) is 2.55. The first-order valence-corrected chi connectivity index (χ1v) is 5.33. The van der Waals surface area contributed by atoms with Crippen molar-refractivity contribution in [3.05, 3.63) is 54.8 Å². The lowest BCUT2D eigenvalue weighted by atomic mass is 10.2. The van der Waals surface area contributed by atoms with E-state index in [0.717, 1.165) is 12.2 Å². The quantitative estimate of drug-likeness (QED) is 0.776. The van der Waals surface area contributed by atoms with Crippen molar-refractivity contribution in [3.63, 3.8) is 0 Å². The molecule has 0 radical (unpaired) electrons. The van der Waals surface area contributed by atoms with Gasteiger partial charge in [-0.15, -0.1) is 6.58 Å². The van der Waals surface area contributed by atoms with Crippen LogP contribution in [0.2, 0.25) is 0 Å². The standard InChI is InChI=1S/C14H15NO/c1-2-9-15-13(7-5-10-16)11-12-6-3-4-8-14(12)15/h2-8,11,16H,1,9-10H2. The molecule has 1 N–H and O–H groups in total. The summed E-state index contributed by atoms with van der Waals surface area (Å²) in [5.74, 6) is 0. The number of allylic oxidation sites excluding steroid dienone is 1. The Morgan fingerprint density at radius 1 is 1.31 bits per heavy atom. The third-order valence-electron chi connectivity index (χ3n) is 2.55. The highest BCUT2D eigenvalue weighted by Gasteiger charge is 2.03. The number of nitrogens with zero attached hydrogens (tertiary/aromatic N) is 1. The molecule has 0 saturated heterocycles. The van der Waals surface area contributed by atoms with Gasteiger partial charge in [-0.05, 0) is 18.2 Å². The van der Waals surface area contributed by atoms with Gasteiger partial charge in [-0.2, -0.15) is 0 Å². The summed E-state index contributed by atoms with van der Waals surface area (Å²) in [6.45, 7) is 4.61. The number of aromatic nitrogens is 1. The van der Waals surface area contributed by atoms with Gasteiger partial charge in [-0.3, -0.25) is 0 Å². The molecule has 0 fully saturated rings. The fourth-order valence-corrected chi connectivity index (χ4v) is 1.88. The molecular formula is C14H15NO. The fraction of sp³-hybridized carbons (Fsp3) is 0.143. The lowest BCUT2D eigenvalue weighted by Crippen LogP contribution is -1.96. The molecule has 2 heteroatoms. The SMILES string of the molecule is C=CCn1c(C=CCO)cc2ccccc21. The van der Waals surface area contributed by atoms with Crippen LogP contribution in [0.3, 0.4) is 0 Å². The van der Waals surface area contributed by atoms with Gasteiger partial charge < -0.3 is 9.67 Å². The smallest absolute Gasteiger partial charge is 0.0616 e. The van der Waals surface area contributed by atoms with E-state index in [2.05, 4.69) is 29.3 Å². The average molecular weight is 213 g/mol. The highest BCUT2D eigenvalue weighted by atomic mass is 16.2. The van der Waals surface area contributed by atoms with Crippen molar-refractivity contribution in [3.8, 4) is 0 Å². The maximum absolute atomic E-state index is 8.81. The lowest BCUT2D eigenvalue weighted by Gasteiger charge is -2.04. The maximum Gasteiger partial charge on any atom is 0.0616 e. The molecule has 0 aliphatic heterocycles. The van der Waals surface area contributed by atoms with Crippen molar-refractivity contribution in [2.75, 3.05) is 6.61 Å². The number of rotatable bonds is 4. The van der Waals surface area contributed by atoms with Crippen LogP contribution >= 0.6 is 0 Å². The minimum atomic E-state index is 0.0651. The molecule has 0 atom stereocenters. The zero-order valence-electron chi connectivity index (χ0n) is 9.13. The fourth-order valence-electron chi connectivity index (χ4n) is 1.88. The van der Waals surface area contributed by atoms with E-state index in [4.69, 9.17) is 5.11 Å². The van der Waals surface area contributed by atoms with Gasteiger partial charge in [0.25, 0.3) is 0 Å². The molecule has 0 spiro atoms. The number of aliphatic hydroxyl groups excluding tert-OH is 1. The number of benzene rings is 1. The zero-order valence-corrected chi connectivity index (χ0v) is 9.13. The predicted octanol–water partition coefficient (Wildman–Crippen LogP) is 2.83. The van der Waals surface area contributed by atoms with E-state index < -0.39 is 0 Å². The molecule has 1 heterocycles. The number of aliphatic hydroxyl groups is 1. The van der Waals surface area contributed by atoms with E-state index in [1.165, 1.54) is 10.9 Å². The van der Waals surface area contributed by atoms with Gasteiger partial charge in [0.05, 0.1) is 6.61 Å². The second kappa shape index (κ2) is 4.81. The largest absolute Gasteiger partial charge is 0.392 e. The van der Waals surface area contributed by atoms with E-state index in [0.29, 0.717) is 0 Å². The first-order valence-electron chi connectivity index (χ1n) is 5.33. The Kier molecular flexibility index (Phi) is 3.22. The molecule has 1 aromatic carbocycles. The summed E-state index contributed by atoms with van der Waals surface area (Å²) in [5, 5.41) is 10.0. The summed E-state index contributed by atoms with van der Waals surface area (Å²) in [6.07, 6.45) is 5.56. The molecule has 82 valence electrons. The van der Waals surface area contributed by atoms with Gasteiger partial charge >= 0.3 is 0 Å². The summed E-state index contributed by atoms with van der Waals surface area (Å²) in [7, 11) is 0. The second-order valence-electron chi connectivity index (χ2n) is 3.61. The molecule has 2 rings (SSSR count). The van der Waals surface area contributed by atoms with Crippen LogP contribution in [0.1, 0.15) is 5.69 Å². The minimum absolute atomic E-state index is 0.0651. The Morgan fingerprint density at radius 2 is 2.12 bits per heavy atom. The van der Waals surface area contributed by atoms with E-state index in [-0.39, 0.29) is 6.61 Å². The molecule has 0 saturated carbocycles. The molecule has 2 aromatic rings. The monoisotopic (exact) mass is 213 g/mol. The Bertz CT molecular complexity index is 523. The number of hydrogen-bond acceptors (Lipinski definition) is 1. The van der Waals surface area contributed by atoms with Crippen molar-refractivity contribution in [1.29, 1.82) is 0 Å². The van der Waals surface area contributed by atoms with Gasteiger partial charge in [-0.25, -0.2) is 0 Å². The molecule has 0 aliphatic carbocycles. The molecule has 16 heavy (non-hydrogen) atoms. The number of para-hydroxylation sites is 1. The van der Waals surface area contributed by atoms with Crippen molar-refractivity contribution < 1.29 is 5.11 Å². The first-order chi connectivity index (χ1) is 7.86. The van der Waals surface area contributed by atoms with E-state index >= 15 is 0 Å². The van der Waals surface area contributed by atoms with Crippen molar-refractivity contribution in [2.45, 2.75) is 6.54 Å². The van der Waals surface area contributed by atoms with Crippen LogP contribution < -0.4 is 0 Å². The van der Waals surface area contributed by atoms with Gasteiger partial charge in [0.1, 0.15) is 0 Å². The summed E-state index contributed by atoms with van der Waals surface area (Å²) < 4.78 is 2.18. The minimum Gasteiger partial charge on any atom is -0.392 e. The molecule has 0 amide bonds. The van der Waals surface area contributed by atoms with Crippen LogP contribution in [0, 0.1) is 0 Å². The van der Waals surface area contributed by atoms with Crippen LogP contribution in [-0.4, -0.2) is 16.3 Å². The number of fused-ring (bicyclic) bond motifs is 1. The second-order valence-corrected chi connectivity index (χ2v) is 3.61. The van der Waals surface area contributed by atoms with Crippen LogP contribution in [0.5, 0.6) is 0 Å². The molecule has 0 unspecified atom stereocenters. The lowest BCUT2D eigenvalue weighted by molar-refractivity contribution is 0.343. The average Bonchev–Trinajstić information content (AvgIpc) is 2.66. The van der Waals surface area contributed by atoms with Gasteiger partial charge in [0.15, 0.2) is 0 Å². The highest BCUT2D eigenvalue weighted by molar-refractivity contribution is 5.83. The van der Waals surface area contributed by atoms with Crippen molar-refractivity contribution in [2.24, 2.45) is 0 Å². The first kappa shape index (κ1) is 10.7. The Labute approximate surface area is 95.1 Å². The predicted molar refractivity (Wildman–Crippen MR) is 68.3 cm³/mol. The van der Waals surface area contributed by atoms with E-state index in [1.807, 2.05) is 24.3 Å². The highest BCUT2D eigenvalue weighted by Crippen LogP contribution is 2.20. The Morgan fingerprint density at radius 3 is 2.88 bits per heavy atom. The van der Waals surface area contributed by atoms with Crippen LogP contribution in [0.15, 0.2) is 49.1 Å². The van der Waals surface area contributed by atoms with Crippen LogP contribution in [0.4, 0.5) is 0 Å². The van der Waals surface area contributed by atoms with Gasteiger partial charge in [0, 0.05) is 23.1 Å². The third kappa shape index (κ3) is 1.92. The topological polar surface area (TPSA) is 25.2 Å². The molecule has 2 nitrogen and oxygen atoms in total. The van der Waals surface area contributed by atoms with E-state index in [1.54, 1.807) is 6.08 Å². The Hall–Kier alpha value is -1.80. The summed E-state index contributed by atoms with van der Waals surface area (Å²) in [4.78, 5) is 0. The van der Waals surface area contributed by atoms with Crippen molar-refractivity contribution in [1.82, 2.24) is 4.57 Å². The zero-order chi connectivity index (χ0) is 11.4. The van der Waals surface area contributed by atoms with E-state index in [9.17, 15) is 0 Å². The molecule has 1 aromatic heterocycles. The molecule has 0 aliphatic rings. The Balaban J connectivity index is 2.57.